The number of ether oxygens (including phenoxy) is 1. The van der Waals surface area contributed by atoms with Crippen LogP contribution in [0.1, 0.15) is 13.8 Å². The summed E-state index contributed by atoms with van der Waals surface area (Å²) in [4.78, 5) is 12.3. The fourth-order valence-electron chi connectivity index (χ4n) is 1.61. The molecular weight excluding hydrogens is 338 g/mol. The minimum Gasteiger partial charge on any atom is -0.495 e. The lowest BCUT2D eigenvalue weighted by Gasteiger charge is -2.12. The van der Waals surface area contributed by atoms with Gasteiger partial charge in [-0.2, -0.15) is 0 Å². The van der Waals surface area contributed by atoms with Gasteiger partial charge in [0.1, 0.15) is 5.75 Å². The Labute approximate surface area is 142 Å². The molecule has 0 radical (unpaired) electrons. The minimum atomic E-state index is -0.266. The Hall–Kier alpha value is -1.25. The van der Waals surface area contributed by atoms with Crippen molar-refractivity contribution in [2.45, 2.75) is 27.8 Å². The van der Waals surface area contributed by atoms with Crippen molar-refractivity contribution in [1.29, 1.82) is 0 Å². The van der Waals surface area contributed by atoms with Crippen LogP contribution in [0.3, 0.4) is 0 Å². The molecule has 22 heavy (non-hydrogen) atoms. The summed E-state index contributed by atoms with van der Waals surface area (Å²) in [7, 11) is 1.58. The maximum absolute atomic E-state index is 12.3. The predicted octanol–water partition coefficient (Wildman–Crippen LogP) is 3.78. The van der Waals surface area contributed by atoms with Crippen molar-refractivity contribution >= 4 is 46.5 Å². The number of anilines is 1. The molecule has 1 atom stereocenters. The number of carbonyl (C=O) groups excluding carboxylic acids is 1. The van der Waals surface area contributed by atoms with E-state index in [1.54, 1.807) is 18.9 Å². The van der Waals surface area contributed by atoms with Gasteiger partial charge in [-0.1, -0.05) is 53.9 Å². The van der Waals surface area contributed by atoms with Crippen LogP contribution in [0.2, 0.25) is 0 Å². The van der Waals surface area contributed by atoms with Gasteiger partial charge < -0.3 is 10.1 Å². The van der Waals surface area contributed by atoms with Crippen LogP contribution in [-0.2, 0) is 4.79 Å². The monoisotopic (exact) mass is 355 g/mol. The Balaban J connectivity index is 1.96. The van der Waals surface area contributed by atoms with Crippen molar-refractivity contribution in [2.75, 3.05) is 18.2 Å². The number of thioether (sulfide) groups is 2. The number of nitrogens with one attached hydrogen (secondary N) is 1. The lowest BCUT2D eigenvalue weighted by molar-refractivity contribution is -0.115. The highest BCUT2D eigenvalue weighted by Gasteiger charge is 2.18. The van der Waals surface area contributed by atoms with Crippen molar-refractivity contribution in [3.63, 3.8) is 0 Å². The number of hydrogen-bond donors (Lipinski definition) is 1. The molecule has 8 heteroatoms. The number of benzene rings is 1. The summed E-state index contributed by atoms with van der Waals surface area (Å²) >= 11 is 4.58. The third-order valence-electron chi connectivity index (χ3n) is 2.67. The summed E-state index contributed by atoms with van der Waals surface area (Å²) < 4.78 is 6.97. The van der Waals surface area contributed by atoms with E-state index >= 15 is 0 Å². The van der Waals surface area contributed by atoms with Crippen LogP contribution in [0, 0.1) is 0 Å². The largest absolute Gasteiger partial charge is 0.495 e. The van der Waals surface area contributed by atoms with E-state index in [9.17, 15) is 4.79 Å². The zero-order chi connectivity index (χ0) is 15.9. The van der Waals surface area contributed by atoms with E-state index in [-0.39, 0.29) is 11.2 Å². The molecular formula is C14H17N3O2S3. The Kier molecular flexibility index (Phi) is 6.53. The van der Waals surface area contributed by atoms with Gasteiger partial charge in [0.15, 0.2) is 8.68 Å². The average molecular weight is 356 g/mol. The highest BCUT2D eigenvalue weighted by atomic mass is 32.2. The predicted molar refractivity (Wildman–Crippen MR) is 93.2 cm³/mol. The standard InChI is InChI=1S/C14H17N3O2S3/c1-4-20-13-16-17-14(22-13)21-9(2)12(18)15-10-7-5-6-8-11(10)19-3/h5-9H,4H2,1-3H3,(H,15,18)/t9-/m0/s1. The smallest absolute Gasteiger partial charge is 0.237 e. The fourth-order valence-corrected chi connectivity index (χ4v) is 4.67. The summed E-state index contributed by atoms with van der Waals surface area (Å²) in [6.45, 7) is 3.92. The van der Waals surface area contributed by atoms with E-state index in [0.29, 0.717) is 11.4 Å². The summed E-state index contributed by atoms with van der Waals surface area (Å²) in [6.07, 6.45) is 0. The van der Waals surface area contributed by atoms with Crippen molar-refractivity contribution < 1.29 is 9.53 Å². The number of hydrogen-bond acceptors (Lipinski definition) is 7. The van der Waals surface area contributed by atoms with E-state index in [1.807, 2.05) is 31.2 Å². The number of amides is 1. The number of para-hydroxylation sites is 2. The van der Waals surface area contributed by atoms with Gasteiger partial charge >= 0.3 is 0 Å². The second-order valence-electron chi connectivity index (χ2n) is 4.22. The third-order valence-corrected chi connectivity index (χ3v) is 5.79. The normalized spacial score (nSPS) is 12.0. The summed E-state index contributed by atoms with van der Waals surface area (Å²) in [6, 6.07) is 7.34. The topological polar surface area (TPSA) is 64.1 Å². The van der Waals surface area contributed by atoms with Crippen molar-refractivity contribution in [3.05, 3.63) is 24.3 Å². The second-order valence-corrected chi connectivity index (χ2v) is 8.29. The molecule has 0 saturated heterocycles. The lowest BCUT2D eigenvalue weighted by Crippen LogP contribution is -2.22. The molecule has 0 unspecified atom stereocenters. The zero-order valence-electron chi connectivity index (χ0n) is 12.5. The number of nitrogens with zero attached hydrogens (tertiary/aromatic N) is 2. The quantitative estimate of drug-likeness (QED) is 0.763. The van der Waals surface area contributed by atoms with Crippen LogP contribution in [0.4, 0.5) is 5.69 Å². The van der Waals surface area contributed by atoms with Crippen LogP contribution in [0.25, 0.3) is 0 Å². The van der Waals surface area contributed by atoms with E-state index in [0.717, 1.165) is 14.4 Å². The Morgan fingerprint density at radius 1 is 1.36 bits per heavy atom. The first-order chi connectivity index (χ1) is 10.6. The van der Waals surface area contributed by atoms with Crippen LogP contribution in [0.15, 0.2) is 32.9 Å². The first-order valence-corrected chi connectivity index (χ1v) is 9.39. The fraction of sp³-hybridized carbons (Fsp3) is 0.357. The highest BCUT2D eigenvalue weighted by Crippen LogP contribution is 2.32. The Bertz CT molecular complexity index is 633. The van der Waals surface area contributed by atoms with Crippen molar-refractivity contribution in [2.24, 2.45) is 0 Å². The van der Waals surface area contributed by atoms with Gasteiger partial charge in [0, 0.05) is 0 Å². The second kappa shape index (κ2) is 8.40. The molecule has 2 aromatic rings. The van der Waals surface area contributed by atoms with Crippen LogP contribution in [-0.4, -0.2) is 34.2 Å². The van der Waals surface area contributed by atoms with E-state index in [4.69, 9.17) is 4.74 Å². The van der Waals surface area contributed by atoms with Gasteiger partial charge in [0.25, 0.3) is 0 Å². The number of aromatic nitrogens is 2. The van der Waals surface area contributed by atoms with E-state index in [2.05, 4.69) is 22.4 Å². The SMILES string of the molecule is CCSc1nnc(S[C@@H](C)C(=O)Nc2ccccc2OC)s1. The lowest BCUT2D eigenvalue weighted by atomic mass is 10.3. The van der Waals surface area contributed by atoms with Gasteiger partial charge in [-0.15, -0.1) is 10.2 Å². The van der Waals surface area contributed by atoms with E-state index in [1.165, 1.54) is 23.1 Å². The molecule has 1 N–H and O–H groups in total. The first-order valence-electron chi connectivity index (χ1n) is 6.71. The molecule has 1 aromatic carbocycles. The van der Waals surface area contributed by atoms with Crippen molar-refractivity contribution in [3.8, 4) is 5.75 Å². The summed E-state index contributed by atoms with van der Waals surface area (Å²) in [5.41, 5.74) is 0.668. The van der Waals surface area contributed by atoms with Gasteiger partial charge in [0.2, 0.25) is 5.91 Å². The molecule has 5 nitrogen and oxygen atoms in total. The molecule has 1 heterocycles. The van der Waals surface area contributed by atoms with Crippen LogP contribution < -0.4 is 10.1 Å². The van der Waals surface area contributed by atoms with Crippen LogP contribution >= 0.6 is 34.9 Å². The van der Waals surface area contributed by atoms with Gasteiger partial charge in [-0.3, -0.25) is 4.79 Å². The first kappa shape index (κ1) is 17.1. The molecule has 1 aromatic heterocycles. The van der Waals surface area contributed by atoms with Crippen molar-refractivity contribution in [1.82, 2.24) is 10.2 Å². The maximum Gasteiger partial charge on any atom is 0.237 e. The molecule has 0 aliphatic rings. The molecule has 0 aliphatic heterocycles. The van der Waals surface area contributed by atoms with Crippen LogP contribution in [0.5, 0.6) is 5.75 Å². The highest BCUT2D eigenvalue weighted by molar-refractivity contribution is 8.03. The summed E-state index contributed by atoms with van der Waals surface area (Å²) in [5.74, 6) is 1.52. The number of rotatable bonds is 7. The molecule has 0 aliphatic carbocycles. The van der Waals surface area contributed by atoms with Gasteiger partial charge in [-0.25, -0.2) is 0 Å². The molecule has 0 spiro atoms. The Morgan fingerprint density at radius 2 is 2.09 bits per heavy atom. The van der Waals surface area contributed by atoms with Gasteiger partial charge in [-0.05, 0) is 24.8 Å². The summed E-state index contributed by atoms with van der Waals surface area (Å²) in [5, 5.41) is 10.8. The average Bonchev–Trinajstić information content (AvgIpc) is 2.95. The molecule has 0 saturated carbocycles. The number of methoxy groups -OCH3 is 1. The molecule has 118 valence electrons. The maximum atomic E-state index is 12.3. The molecule has 0 fully saturated rings. The van der Waals surface area contributed by atoms with E-state index < -0.39 is 0 Å². The molecule has 0 bridgehead atoms. The minimum absolute atomic E-state index is 0.0885. The van der Waals surface area contributed by atoms with Gasteiger partial charge in [0.05, 0.1) is 18.0 Å². The molecule has 2 rings (SSSR count). The number of carbonyl (C=O) groups is 1. The Morgan fingerprint density at radius 3 is 2.82 bits per heavy atom. The third kappa shape index (κ3) is 4.62. The molecule has 1 amide bonds. The zero-order valence-corrected chi connectivity index (χ0v) is 15.0.